The van der Waals surface area contributed by atoms with Gasteiger partial charge in [0.05, 0.1) is 29.2 Å². The molecule has 1 unspecified atom stereocenters. The van der Waals surface area contributed by atoms with Crippen LogP contribution < -0.4 is 4.74 Å². The number of aliphatic hydroxyl groups is 1. The normalized spacial score (nSPS) is 18.8. The van der Waals surface area contributed by atoms with Crippen LogP contribution in [0.3, 0.4) is 0 Å². The van der Waals surface area contributed by atoms with Crippen LogP contribution in [0.4, 0.5) is 8.78 Å². The van der Waals surface area contributed by atoms with E-state index in [1.54, 1.807) is 25.5 Å². The number of nitrogens with zero attached hydrogens (tertiary/aromatic N) is 1. The summed E-state index contributed by atoms with van der Waals surface area (Å²) in [6.07, 6.45) is 0.184. The molecule has 1 atom stereocenters. The molecule has 5 heteroatoms. The molecule has 1 aromatic rings. The lowest BCUT2D eigenvalue weighted by Gasteiger charge is -2.19. The summed E-state index contributed by atoms with van der Waals surface area (Å²) in [5.41, 5.74) is 0.877. The fourth-order valence-electron chi connectivity index (χ4n) is 2.37. The maximum absolute atomic E-state index is 14.1. The molecule has 0 bridgehead atoms. The Kier molecular flexibility index (Phi) is 3.91. The van der Waals surface area contributed by atoms with Crippen molar-refractivity contribution in [1.82, 2.24) is 4.57 Å². The van der Waals surface area contributed by atoms with Crippen LogP contribution in [0.25, 0.3) is 6.08 Å². The van der Waals surface area contributed by atoms with E-state index in [4.69, 9.17) is 4.74 Å². The summed E-state index contributed by atoms with van der Waals surface area (Å²) in [6, 6.07) is 0. The fourth-order valence-corrected chi connectivity index (χ4v) is 2.37. The molecule has 0 radical (unpaired) electrons. The van der Waals surface area contributed by atoms with Gasteiger partial charge in [-0.05, 0) is 26.8 Å². The van der Waals surface area contributed by atoms with Gasteiger partial charge in [0.25, 0.3) is 0 Å². The van der Waals surface area contributed by atoms with Crippen LogP contribution in [0.5, 0.6) is 5.75 Å². The SMILES string of the molecule is Cc1c(OCCC(C)(C)O)c2c(n1C)C=C(F)CC2F. The van der Waals surface area contributed by atoms with Crippen molar-refractivity contribution in [2.45, 2.75) is 45.4 Å². The van der Waals surface area contributed by atoms with E-state index in [0.717, 1.165) is 5.69 Å². The number of halogens is 2. The zero-order valence-corrected chi connectivity index (χ0v) is 12.3. The Hall–Kier alpha value is -1.36. The standard InChI is InChI=1S/C15H21F2NO2/c1-9-14(20-6-5-15(2,3)19)13-11(17)7-10(16)8-12(13)18(9)4/h8,11,19H,5-7H2,1-4H3. The van der Waals surface area contributed by atoms with Gasteiger partial charge in [0, 0.05) is 19.9 Å². The minimum atomic E-state index is -1.38. The van der Waals surface area contributed by atoms with Crippen LogP contribution in [0.2, 0.25) is 0 Å². The molecular formula is C15H21F2NO2. The van der Waals surface area contributed by atoms with E-state index >= 15 is 0 Å². The van der Waals surface area contributed by atoms with Crippen molar-refractivity contribution in [2.24, 2.45) is 7.05 Å². The van der Waals surface area contributed by atoms with Gasteiger partial charge in [-0.3, -0.25) is 0 Å². The molecule has 1 aliphatic rings. The molecule has 0 spiro atoms. The largest absolute Gasteiger partial charge is 0.491 e. The van der Waals surface area contributed by atoms with Crippen molar-refractivity contribution in [3.63, 3.8) is 0 Å². The summed E-state index contributed by atoms with van der Waals surface area (Å²) in [7, 11) is 1.76. The van der Waals surface area contributed by atoms with Gasteiger partial charge in [0.1, 0.15) is 17.7 Å². The molecule has 112 valence electrons. The highest BCUT2D eigenvalue weighted by molar-refractivity contribution is 5.63. The predicted octanol–water partition coefficient (Wildman–Crippen LogP) is 3.60. The molecule has 0 aliphatic heterocycles. The molecule has 1 N–H and O–H groups in total. The van der Waals surface area contributed by atoms with Gasteiger partial charge in [-0.2, -0.15) is 0 Å². The lowest BCUT2D eigenvalue weighted by molar-refractivity contribution is 0.0549. The van der Waals surface area contributed by atoms with Crippen LogP contribution in [-0.4, -0.2) is 21.9 Å². The molecule has 3 nitrogen and oxygen atoms in total. The van der Waals surface area contributed by atoms with E-state index in [1.807, 2.05) is 6.92 Å². The van der Waals surface area contributed by atoms with Gasteiger partial charge in [0.15, 0.2) is 0 Å². The third kappa shape index (κ3) is 2.87. The highest BCUT2D eigenvalue weighted by Crippen LogP contribution is 2.43. The number of hydrogen-bond donors (Lipinski definition) is 1. The number of allylic oxidation sites excluding steroid dienone is 1. The van der Waals surface area contributed by atoms with Gasteiger partial charge in [-0.25, -0.2) is 8.78 Å². The van der Waals surface area contributed by atoms with Crippen molar-refractivity contribution < 1.29 is 18.6 Å². The van der Waals surface area contributed by atoms with Gasteiger partial charge in [0.2, 0.25) is 0 Å². The second-order valence-electron chi connectivity index (χ2n) is 5.95. The van der Waals surface area contributed by atoms with Gasteiger partial charge < -0.3 is 14.4 Å². The van der Waals surface area contributed by atoms with Gasteiger partial charge in [-0.1, -0.05) is 0 Å². The zero-order chi connectivity index (χ0) is 15.1. The van der Waals surface area contributed by atoms with Crippen molar-refractivity contribution >= 4 is 6.08 Å². The third-order valence-electron chi connectivity index (χ3n) is 3.65. The third-order valence-corrected chi connectivity index (χ3v) is 3.65. The minimum Gasteiger partial charge on any atom is -0.491 e. The molecule has 1 aliphatic carbocycles. The highest BCUT2D eigenvalue weighted by atomic mass is 19.1. The molecule has 2 rings (SSSR count). The van der Waals surface area contributed by atoms with Crippen LogP contribution >= 0.6 is 0 Å². The Morgan fingerprint density at radius 2 is 2.15 bits per heavy atom. The van der Waals surface area contributed by atoms with Crippen LogP contribution in [0, 0.1) is 6.92 Å². The van der Waals surface area contributed by atoms with Crippen molar-refractivity contribution in [1.29, 1.82) is 0 Å². The summed E-state index contributed by atoms with van der Waals surface area (Å²) < 4.78 is 34.9. The first kappa shape index (κ1) is 15.0. The number of hydrogen-bond acceptors (Lipinski definition) is 2. The Morgan fingerprint density at radius 1 is 1.50 bits per heavy atom. The van der Waals surface area contributed by atoms with Crippen LogP contribution in [0.1, 0.15) is 49.8 Å². The highest BCUT2D eigenvalue weighted by Gasteiger charge is 2.30. The number of ether oxygens (including phenoxy) is 1. The Balaban J connectivity index is 2.29. The molecule has 1 heterocycles. The summed E-state index contributed by atoms with van der Waals surface area (Å²) >= 11 is 0. The molecule has 1 aromatic heterocycles. The second kappa shape index (κ2) is 5.20. The maximum atomic E-state index is 14.1. The molecule has 0 saturated heterocycles. The second-order valence-corrected chi connectivity index (χ2v) is 5.95. The van der Waals surface area contributed by atoms with E-state index in [0.29, 0.717) is 30.0 Å². The molecule has 0 fully saturated rings. The number of alkyl halides is 1. The number of rotatable bonds is 4. The predicted molar refractivity (Wildman–Crippen MR) is 74.1 cm³/mol. The van der Waals surface area contributed by atoms with Gasteiger partial charge in [-0.15, -0.1) is 0 Å². The van der Waals surface area contributed by atoms with Crippen LogP contribution in [0.15, 0.2) is 5.83 Å². The maximum Gasteiger partial charge on any atom is 0.146 e. The molecule has 20 heavy (non-hydrogen) atoms. The average Bonchev–Trinajstić information content (AvgIpc) is 2.53. The van der Waals surface area contributed by atoms with E-state index in [2.05, 4.69) is 0 Å². The summed E-state index contributed by atoms with van der Waals surface area (Å²) in [6.45, 7) is 5.50. The Labute approximate surface area is 117 Å². The quantitative estimate of drug-likeness (QED) is 0.917. The molecule has 0 amide bonds. The Morgan fingerprint density at radius 3 is 2.75 bits per heavy atom. The first-order chi connectivity index (χ1) is 9.20. The lowest BCUT2D eigenvalue weighted by atomic mass is 10.0. The van der Waals surface area contributed by atoms with E-state index < -0.39 is 17.6 Å². The summed E-state index contributed by atoms with van der Waals surface area (Å²) in [5.74, 6) is 0.0247. The fraction of sp³-hybridized carbons (Fsp3) is 0.600. The minimum absolute atomic E-state index is 0.238. The number of aromatic nitrogens is 1. The van der Waals surface area contributed by atoms with E-state index in [-0.39, 0.29) is 6.42 Å². The van der Waals surface area contributed by atoms with E-state index in [9.17, 15) is 13.9 Å². The topological polar surface area (TPSA) is 34.4 Å². The average molecular weight is 285 g/mol. The summed E-state index contributed by atoms with van der Waals surface area (Å²) in [5, 5.41) is 9.68. The van der Waals surface area contributed by atoms with Gasteiger partial charge >= 0.3 is 0 Å². The smallest absolute Gasteiger partial charge is 0.146 e. The first-order valence-electron chi connectivity index (χ1n) is 6.75. The first-order valence-corrected chi connectivity index (χ1v) is 6.75. The Bertz CT molecular complexity index is 541. The number of fused-ring (bicyclic) bond motifs is 1. The molecule has 0 saturated carbocycles. The lowest BCUT2D eigenvalue weighted by Crippen LogP contribution is -2.22. The molecular weight excluding hydrogens is 264 g/mol. The van der Waals surface area contributed by atoms with Crippen LogP contribution in [-0.2, 0) is 7.05 Å². The van der Waals surface area contributed by atoms with Crippen molar-refractivity contribution in [2.75, 3.05) is 6.61 Å². The summed E-state index contributed by atoms with van der Waals surface area (Å²) in [4.78, 5) is 0. The monoisotopic (exact) mass is 285 g/mol. The zero-order valence-electron chi connectivity index (χ0n) is 12.3. The molecule has 0 aromatic carbocycles. The van der Waals surface area contributed by atoms with Crippen molar-refractivity contribution in [3.8, 4) is 5.75 Å². The van der Waals surface area contributed by atoms with E-state index in [1.165, 1.54) is 6.08 Å². The van der Waals surface area contributed by atoms with Crippen molar-refractivity contribution in [3.05, 3.63) is 22.8 Å².